The summed E-state index contributed by atoms with van der Waals surface area (Å²) in [4.78, 5) is 11.5. The maximum absolute atomic E-state index is 11.5. The standard InChI is InChI=1S/C12H9Cl2NO2/c1-17-12(16)10-6-3-7-15(10)9-5-2-4-8(13)11(9)14/h2-7H,1H3. The van der Waals surface area contributed by atoms with Crippen LogP contribution in [0.5, 0.6) is 0 Å². The maximum Gasteiger partial charge on any atom is 0.355 e. The molecular formula is C12H9Cl2NO2. The number of ether oxygens (including phenoxy) is 1. The summed E-state index contributed by atoms with van der Waals surface area (Å²) in [5.74, 6) is -0.425. The molecule has 0 aliphatic carbocycles. The molecule has 0 fully saturated rings. The van der Waals surface area contributed by atoms with Crippen molar-refractivity contribution >= 4 is 29.2 Å². The highest BCUT2D eigenvalue weighted by Gasteiger charge is 2.14. The Morgan fingerprint density at radius 3 is 2.71 bits per heavy atom. The Hall–Kier alpha value is -1.45. The molecule has 0 saturated carbocycles. The van der Waals surface area contributed by atoms with Crippen molar-refractivity contribution < 1.29 is 9.53 Å². The molecule has 0 N–H and O–H groups in total. The number of aromatic nitrogens is 1. The lowest BCUT2D eigenvalue weighted by molar-refractivity contribution is 0.0591. The van der Waals surface area contributed by atoms with Crippen molar-refractivity contribution in [3.8, 4) is 5.69 Å². The van der Waals surface area contributed by atoms with E-state index in [0.717, 1.165) is 0 Å². The van der Waals surface area contributed by atoms with Crippen molar-refractivity contribution in [3.05, 3.63) is 52.3 Å². The second kappa shape index (κ2) is 4.82. The molecule has 0 unspecified atom stereocenters. The van der Waals surface area contributed by atoms with Crippen LogP contribution in [-0.4, -0.2) is 17.6 Å². The average Bonchev–Trinajstić information content (AvgIpc) is 2.80. The summed E-state index contributed by atoms with van der Waals surface area (Å²) in [5, 5.41) is 0.837. The summed E-state index contributed by atoms with van der Waals surface area (Å²) in [6.07, 6.45) is 1.73. The molecule has 2 aromatic rings. The zero-order chi connectivity index (χ0) is 12.4. The molecule has 3 nitrogen and oxygen atoms in total. The van der Waals surface area contributed by atoms with Gasteiger partial charge in [-0.1, -0.05) is 29.3 Å². The first kappa shape index (κ1) is 12.0. The van der Waals surface area contributed by atoms with E-state index in [1.165, 1.54) is 7.11 Å². The van der Waals surface area contributed by atoms with Crippen LogP contribution >= 0.6 is 23.2 Å². The number of carbonyl (C=O) groups is 1. The summed E-state index contributed by atoms with van der Waals surface area (Å²) in [7, 11) is 1.33. The fraction of sp³-hybridized carbons (Fsp3) is 0.0833. The van der Waals surface area contributed by atoms with E-state index in [-0.39, 0.29) is 0 Å². The van der Waals surface area contributed by atoms with Crippen LogP contribution in [0.4, 0.5) is 0 Å². The second-order valence-corrected chi connectivity index (χ2v) is 4.11. The lowest BCUT2D eigenvalue weighted by Gasteiger charge is -2.10. The monoisotopic (exact) mass is 269 g/mol. The van der Waals surface area contributed by atoms with Crippen molar-refractivity contribution in [1.82, 2.24) is 4.57 Å². The highest BCUT2D eigenvalue weighted by molar-refractivity contribution is 6.43. The van der Waals surface area contributed by atoms with Gasteiger partial charge in [0, 0.05) is 6.20 Å². The van der Waals surface area contributed by atoms with E-state index in [4.69, 9.17) is 27.9 Å². The molecule has 0 bridgehead atoms. The van der Waals surface area contributed by atoms with Gasteiger partial charge in [0.25, 0.3) is 0 Å². The smallest absolute Gasteiger partial charge is 0.355 e. The SMILES string of the molecule is COC(=O)c1cccn1-c1cccc(Cl)c1Cl. The number of esters is 1. The van der Waals surface area contributed by atoms with Gasteiger partial charge in [-0.3, -0.25) is 0 Å². The first-order valence-electron chi connectivity index (χ1n) is 4.85. The summed E-state index contributed by atoms with van der Waals surface area (Å²) < 4.78 is 6.33. The van der Waals surface area contributed by atoms with Crippen molar-refractivity contribution in [3.63, 3.8) is 0 Å². The van der Waals surface area contributed by atoms with Crippen LogP contribution in [0, 0.1) is 0 Å². The van der Waals surface area contributed by atoms with Gasteiger partial charge in [0.15, 0.2) is 0 Å². The Kier molecular flexibility index (Phi) is 3.41. The van der Waals surface area contributed by atoms with Gasteiger partial charge in [-0.05, 0) is 24.3 Å². The number of hydrogen-bond donors (Lipinski definition) is 0. The first-order chi connectivity index (χ1) is 8.15. The number of benzene rings is 1. The van der Waals surface area contributed by atoms with Gasteiger partial charge < -0.3 is 9.30 Å². The van der Waals surface area contributed by atoms with Crippen LogP contribution in [0.15, 0.2) is 36.5 Å². The number of nitrogens with zero attached hydrogens (tertiary/aromatic N) is 1. The molecule has 0 saturated heterocycles. The van der Waals surface area contributed by atoms with Gasteiger partial charge in [0.2, 0.25) is 0 Å². The second-order valence-electron chi connectivity index (χ2n) is 3.33. The Bertz CT molecular complexity index is 563. The minimum atomic E-state index is -0.425. The molecule has 0 atom stereocenters. The van der Waals surface area contributed by atoms with Crippen molar-refractivity contribution in [2.45, 2.75) is 0 Å². The fourth-order valence-corrected chi connectivity index (χ4v) is 1.93. The van der Waals surface area contributed by atoms with Gasteiger partial charge in [-0.2, -0.15) is 0 Å². The third kappa shape index (κ3) is 2.16. The molecule has 5 heteroatoms. The average molecular weight is 270 g/mol. The lowest BCUT2D eigenvalue weighted by Crippen LogP contribution is -2.08. The maximum atomic E-state index is 11.5. The van der Waals surface area contributed by atoms with E-state index in [9.17, 15) is 4.79 Å². The molecule has 1 aromatic heterocycles. The van der Waals surface area contributed by atoms with E-state index in [1.807, 2.05) is 0 Å². The highest BCUT2D eigenvalue weighted by Crippen LogP contribution is 2.29. The fourth-order valence-electron chi connectivity index (χ4n) is 1.54. The van der Waals surface area contributed by atoms with E-state index in [2.05, 4.69) is 0 Å². The summed E-state index contributed by atoms with van der Waals surface area (Å²) in [6.45, 7) is 0. The van der Waals surface area contributed by atoms with Gasteiger partial charge in [0.05, 0.1) is 22.8 Å². The van der Waals surface area contributed by atoms with Crippen LogP contribution in [-0.2, 0) is 4.74 Å². The quantitative estimate of drug-likeness (QED) is 0.781. The minimum Gasteiger partial charge on any atom is -0.464 e. The molecule has 1 heterocycles. The zero-order valence-corrected chi connectivity index (χ0v) is 10.5. The van der Waals surface area contributed by atoms with E-state index < -0.39 is 5.97 Å². The number of halogens is 2. The topological polar surface area (TPSA) is 31.2 Å². The molecule has 0 aliphatic rings. The zero-order valence-electron chi connectivity index (χ0n) is 8.98. The Balaban J connectivity index is 2.58. The van der Waals surface area contributed by atoms with Crippen LogP contribution < -0.4 is 0 Å². The van der Waals surface area contributed by atoms with Crippen LogP contribution in [0.1, 0.15) is 10.5 Å². The van der Waals surface area contributed by atoms with Gasteiger partial charge in [0.1, 0.15) is 5.69 Å². The van der Waals surface area contributed by atoms with Crippen molar-refractivity contribution in [2.24, 2.45) is 0 Å². The van der Waals surface area contributed by atoms with Crippen molar-refractivity contribution in [2.75, 3.05) is 7.11 Å². The molecule has 0 amide bonds. The van der Waals surface area contributed by atoms with Crippen molar-refractivity contribution in [1.29, 1.82) is 0 Å². The lowest BCUT2D eigenvalue weighted by atomic mass is 10.3. The number of methoxy groups -OCH3 is 1. The van der Waals surface area contributed by atoms with Gasteiger partial charge in [-0.15, -0.1) is 0 Å². The van der Waals surface area contributed by atoms with Crippen LogP contribution in [0.2, 0.25) is 10.0 Å². The molecular weight excluding hydrogens is 261 g/mol. The summed E-state index contributed by atoms with van der Waals surface area (Å²) in [5.41, 5.74) is 1.04. The molecule has 0 spiro atoms. The van der Waals surface area contributed by atoms with Crippen LogP contribution in [0.25, 0.3) is 5.69 Å². The largest absolute Gasteiger partial charge is 0.464 e. The van der Waals surface area contributed by atoms with Gasteiger partial charge in [-0.25, -0.2) is 4.79 Å². The van der Waals surface area contributed by atoms with E-state index >= 15 is 0 Å². The normalized spacial score (nSPS) is 10.3. The Labute approximate surface area is 109 Å². The molecule has 88 valence electrons. The third-order valence-corrected chi connectivity index (χ3v) is 3.14. The number of rotatable bonds is 2. The number of carbonyl (C=O) groups excluding carboxylic acids is 1. The Morgan fingerprint density at radius 2 is 2.00 bits per heavy atom. The van der Waals surface area contributed by atoms with E-state index in [1.54, 1.807) is 41.1 Å². The molecule has 0 radical (unpaired) electrons. The summed E-state index contributed by atoms with van der Waals surface area (Å²) >= 11 is 12.0. The molecule has 0 aliphatic heterocycles. The minimum absolute atomic E-state index is 0.399. The highest BCUT2D eigenvalue weighted by atomic mass is 35.5. The van der Waals surface area contributed by atoms with Crippen LogP contribution in [0.3, 0.4) is 0 Å². The first-order valence-corrected chi connectivity index (χ1v) is 5.61. The number of hydrogen-bond acceptors (Lipinski definition) is 2. The molecule has 2 rings (SSSR count). The summed E-state index contributed by atoms with van der Waals surface area (Å²) in [6, 6.07) is 8.63. The molecule has 17 heavy (non-hydrogen) atoms. The Morgan fingerprint density at radius 1 is 1.24 bits per heavy atom. The van der Waals surface area contributed by atoms with Gasteiger partial charge >= 0.3 is 5.97 Å². The predicted octanol–water partition coefficient (Wildman–Crippen LogP) is 3.57. The van der Waals surface area contributed by atoms with E-state index in [0.29, 0.717) is 21.4 Å². The third-order valence-electron chi connectivity index (χ3n) is 2.33. The predicted molar refractivity (Wildman–Crippen MR) is 67.1 cm³/mol. The molecule has 1 aromatic carbocycles.